The lowest BCUT2D eigenvalue weighted by Crippen LogP contribution is -2.10. The largest absolute Gasteiger partial charge is 0.368 e. The van der Waals surface area contributed by atoms with Gasteiger partial charge in [-0.2, -0.15) is 0 Å². The summed E-state index contributed by atoms with van der Waals surface area (Å²) in [7, 11) is 0. The van der Waals surface area contributed by atoms with Crippen LogP contribution in [0.4, 0.5) is 10.2 Å². The highest BCUT2D eigenvalue weighted by Gasteiger charge is 2.14. The molecule has 1 N–H and O–H groups in total. The van der Waals surface area contributed by atoms with E-state index in [4.69, 9.17) is 9.97 Å². The van der Waals surface area contributed by atoms with Crippen molar-refractivity contribution in [3.05, 3.63) is 66.9 Å². The van der Waals surface area contributed by atoms with Gasteiger partial charge in [-0.1, -0.05) is 0 Å². The van der Waals surface area contributed by atoms with Crippen molar-refractivity contribution in [1.82, 2.24) is 19.9 Å². The van der Waals surface area contributed by atoms with Crippen LogP contribution in [0.3, 0.4) is 0 Å². The lowest BCUT2D eigenvalue weighted by atomic mass is 10.0. The summed E-state index contributed by atoms with van der Waals surface area (Å²) in [6, 6.07) is 12.2. The molecule has 0 aliphatic heterocycles. The number of nitrogens with one attached hydrogen (secondary N) is 1. The maximum Gasteiger partial charge on any atom is 0.126 e. The number of hydrogen-bond donors (Lipinski definition) is 1. The Labute approximate surface area is 156 Å². The van der Waals surface area contributed by atoms with Crippen molar-refractivity contribution < 1.29 is 4.39 Å². The zero-order valence-electron chi connectivity index (χ0n) is 15.0. The van der Waals surface area contributed by atoms with Gasteiger partial charge in [0, 0.05) is 29.6 Å². The number of aromatic nitrogens is 4. The van der Waals surface area contributed by atoms with Crippen LogP contribution < -0.4 is 5.32 Å². The average Bonchev–Trinajstić information content (AvgIpc) is 2.67. The summed E-state index contributed by atoms with van der Waals surface area (Å²) < 4.78 is 13.4. The molecule has 3 heterocycles. The minimum Gasteiger partial charge on any atom is -0.368 e. The Kier molecular flexibility index (Phi) is 4.46. The molecule has 27 heavy (non-hydrogen) atoms. The van der Waals surface area contributed by atoms with Gasteiger partial charge in [-0.25, -0.2) is 19.3 Å². The van der Waals surface area contributed by atoms with Crippen LogP contribution in [-0.2, 0) is 0 Å². The second kappa shape index (κ2) is 7.07. The van der Waals surface area contributed by atoms with E-state index in [0.29, 0.717) is 16.9 Å². The maximum absolute atomic E-state index is 13.4. The third kappa shape index (κ3) is 3.60. The molecule has 134 valence electrons. The van der Waals surface area contributed by atoms with Crippen LogP contribution in [0.2, 0.25) is 0 Å². The first-order valence-corrected chi connectivity index (χ1v) is 8.71. The van der Waals surface area contributed by atoms with Gasteiger partial charge in [0.1, 0.15) is 17.2 Å². The van der Waals surface area contributed by atoms with E-state index < -0.39 is 0 Å². The molecule has 0 bridgehead atoms. The smallest absolute Gasteiger partial charge is 0.126 e. The first-order chi connectivity index (χ1) is 13.1. The molecule has 0 saturated heterocycles. The molecule has 0 atom stereocenters. The van der Waals surface area contributed by atoms with E-state index in [-0.39, 0.29) is 11.9 Å². The lowest BCUT2D eigenvalue weighted by Gasteiger charge is -2.13. The normalized spacial score (nSPS) is 11.1. The molecular weight excluding hydrogens is 341 g/mol. The molecule has 0 amide bonds. The number of fused-ring (bicyclic) bond motifs is 1. The van der Waals surface area contributed by atoms with E-state index in [0.717, 1.165) is 22.5 Å². The Morgan fingerprint density at radius 1 is 0.852 bits per heavy atom. The van der Waals surface area contributed by atoms with Crippen molar-refractivity contribution in [2.24, 2.45) is 0 Å². The number of benzene rings is 1. The van der Waals surface area contributed by atoms with Crippen LogP contribution >= 0.6 is 0 Å². The molecule has 4 aromatic rings. The zero-order chi connectivity index (χ0) is 18.8. The van der Waals surface area contributed by atoms with Crippen molar-refractivity contribution >= 4 is 16.9 Å². The molecule has 1 aromatic carbocycles. The second-order valence-electron chi connectivity index (χ2n) is 6.52. The predicted octanol–water partition coefficient (Wildman–Crippen LogP) is 4.71. The Hall–Kier alpha value is -3.41. The monoisotopic (exact) mass is 359 g/mol. The quantitative estimate of drug-likeness (QED) is 0.571. The fourth-order valence-electron chi connectivity index (χ4n) is 2.87. The maximum atomic E-state index is 13.4. The third-order valence-electron chi connectivity index (χ3n) is 4.05. The first-order valence-electron chi connectivity index (χ1n) is 8.71. The number of halogens is 1. The van der Waals surface area contributed by atoms with E-state index in [2.05, 4.69) is 29.1 Å². The molecule has 0 fully saturated rings. The number of rotatable bonds is 4. The van der Waals surface area contributed by atoms with Gasteiger partial charge in [-0.05, 0) is 56.3 Å². The van der Waals surface area contributed by atoms with Gasteiger partial charge in [0.2, 0.25) is 0 Å². The number of pyridine rings is 2. The Bertz CT molecular complexity index is 1090. The second-order valence-corrected chi connectivity index (χ2v) is 6.52. The molecule has 0 aliphatic carbocycles. The molecule has 5 nitrogen and oxygen atoms in total. The Balaban J connectivity index is 1.93. The predicted molar refractivity (Wildman–Crippen MR) is 105 cm³/mol. The van der Waals surface area contributed by atoms with Crippen LogP contribution in [0.15, 0.2) is 61.1 Å². The highest BCUT2D eigenvalue weighted by Crippen LogP contribution is 2.31. The lowest BCUT2D eigenvalue weighted by molar-refractivity contribution is 0.628. The fourth-order valence-corrected chi connectivity index (χ4v) is 2.87. The van der Waals surface area contributed by atoms with Crippen LogP contribution in [0.25, 0.3) is 33.5 Å². The topological polar surface area (TPSA) is 63.6 Å². The van der Waals surface area contributed by atoms with Gasteiger partial charge in [0.25, 0.3) is 0 Å². The summed E-state index contributed by atoms with van der Waals surface area (Å²) in [4.78, 5) is 18.1. The van der Waals surface area contributed by atoms with Gasteiger partial charge in [0.05, 0.1) is 23.1 Å². The van der Waals surface area contributed by atoms with Gasteiger partial charge in [0.15, 0.2) is 0 Å². The highest BCUT2D eigenvalue weighted by atomic mass is 19.1. The van der Waals surface area contributed by atoms with Crippen LogP contribution in [0.1, 0.15) is 13.8 Å². The molecule has 0 spiro atoms. The van der Waals surface area contributed by atoms with Crippen LogP contribution in [0, 0.1) is 5.82 Å². The minimum absolute atomic E-state index is 0.260. The summed E-state index contributed by atoms with van der Waals surface area (Å²) >= 11 is 0. The minimum atomic E-state index is -0.287. The SMILES string of the molecule is CC(C)Nc1cc(-c2nc3cnccc3nc2-c2ccc(F)cc2)ccn1. The standard InChI is InChI=1S/C21H18FN5/c1-13(2)25-19-11-15(7-10-24-19)21-20(14-3-5-16(22)6-4-14)26-17-8-9-23-12-18(17)27-21/h3-13H,1-2H3,(H,24,25). The summed E-state index contributed by atoms with van der Waals surface area (Å²) in [5, 5.41) is 3.30. The van der Waals surface area contributed by atoms with Gasteiger partial charge < -0.3 is 5.32 Å². The van der Waals surface area contributed by atoms with Crippen LogP contribution in [0.5, 0.6) is 0 Å². The number of anilines is 1. The molecule has 4 rings (SSSR count). The van der Waals surface area contributed by atoms with Crippen LogP contribution in [-0.4, -0.2) is 26.0 Å². The summed E-state index contributed by atoms with van der Waals surface area (Å²) in [5.74, 6) is 0.478. The highest BCUT2D eigenvalue weighted by molar-refractivity contribution is 5.86. The average molecular weight is 359 g/mol. The Morgan fingerprint density at radius 3 is 2.37 bits per heavy atom. The third-order valence-corrected chi connectivity index (χ3v) is 4.05. The van der Waals surface area contributed by atoms with Gasteiger partial charge in [-0.15, -0.1) is 0 Å². The van der Waals surface area contributed by atoms with Gasteiger partial charge >= 0.3 is 0 Å². The van der Waals surface area contributed by atoms with E-state index in [9.17, 15) is 4.39 Å². The fraction of sp³-hybridized carbons (Fsp3) is 0.143. The summed E-state index contributed by atoms with van der Waals surface area (Å²) in [5.41, 5.74) is 4.52. The van der Waals surface area contributed by atoms with E-state index in [1.807, 2.05) is 18.2 Å². The Morgan fingerprint density at radius 2 is 1.59 bits per heavy atom. The molecule has 0 saturated carbocycles. The van der Waals surface area contributed by atoms with Crippen molar-refractivity contribution in [3.63, 3.8) is 0 Å². The summed E-state index contributed by atoms with van der Waals surface area (Å²) in [6.45, 7) is 4.11. The molecule has 6 heteroatoms. The molecule has 0 radical (unpaired) electrons. The molecule has 0 unspecified atom stereocenters. The van der Waals surface area contributed by atoms with E-state index in [1.54, 1.807) is 30.7 Å². The number of hydrogen-bond acceptors (Lipinski definition) is 5. The summed E-state index contributed by atoms with van der Waals surface area (Å²) in [6.07, 6.45) is 5.11. The number of nitrogens with zero attached hydrogens (tertiary/aromatic N) is 4. The molecule has 0 aliphatic rings. The van der Waals surface area contributed by atoms with Crippen molar-refractivity contribution in [2.75, 3.05) is 5.32 Å². The van der Waals surface area contributed by atoms with Gasteiger partial charge in [-0.3, -0.25) is 4.98 Å². The van der Waals surface area contributed by atoms with E-state index >= 15 is 0 Å². The first kappa shape index (κ1) is 17.0. The molecular formula is C21H18FN5. The van der Waals surface area contributed by atoms with Crippen molar-refractivity contribution in [3.8, 4) is 22.5 Å². The van der Waals surface area contributed by atoms with Crippen molar-refractivity contribution in [1.29, 1.82) is 0 Å². The van der Waals surface area contributed by atoms with E-state index in [1.165, 1.54) is 12.1 Å². The molecule has 3 aromatic heterocycles. The van der Waals surface area contributed by atoms with Crippen molar-refractivity contribution in [2.45, 2.75) is 19.9 Å². The zero-order valence-corrected chi connectivity index (χ0v) is 15.0.